The highest BCUT2D eigenvalue weighted by Crippen LogP contribution is 2.50. The van der Waals surface area contributed by atoms with Crippen molar-refractivity contribution in [1.29, 1.82) is 0 Å². The van der Waals surface area contributed by atoms with Crippen LogP contribution in [-0.2, 0) is 11.3 Å². The molecule has 1 aromatic carbocycles. The number of amides is 1. The maximum absolute atomic E-state index is 12.4. The van der Waals surface area contributed by atoms with E-state index in [1.165, 1.54) is 25.7 Å². The van der Waals surface area contributed by atoms with Gasteiger partial charge in [0.15, 0.2) is 0 Å². The number of ether oxygens (including phenoxy) is 1. The molecule has 144 valence electrons. The molecule has 1 N–H and O–H groups in total. The van der Waals surface area contributed by atoms with Gasteiger partial charge in [-0.1, -0.05) is 32.0 Å². The summed E-state index contributed by atoms with van der Waals surface area (Å²) in [5.74, 6) is 3.37. The Morgan fingerprint density at radius 2 is 1.81 bits per heavy atom. The van der Waals surface area contributed by atoms with Gasteiger partial charge in [0.2, 0.25) is 5.91 Å². The standard InChI is InChI=1S/C22H34N2O2/c1-3-24(4-2)13-14-26-21-8-6-5-7-19(21)16-23-22(25)15-20(17-9-10-17)18-11-12-18/h5-8,17-18,20H,3-4,9-16H2,1-2H3,(H,23,25). The number of likely N-dealkylation sites (N-methyl/N-ethyl adjacent to an activating group) is 1. The van der Waals surface area contributed by atoms with E-state index < -0.39 is 0 Å². The Morgan fingerprint density at radius 1 is 1.15 bits per heavy atom. The van der Waals surface area contributed by atoms with Crippen LogP contribution in [0.1, 0.15) is 51.5 Å². The molecule has 4 heteroatoms. The molecule has 0 aliphatic heterocycles. The Bertz CT molecular complexity index is 565. The Kier molecular flexibility index (Phi) is 6.95. The molecule has 0 bridgehead atoms. The zero-order valence-electron chi connectivity index (χ0n) is 16.4. The number of nitrogens with zero attached hydrogens (tertiary/aromatic N) is 1. The smallest absolute Gasteiger partial charge is 0.220 e. The van der Waals surface area contributed by atoms with Crippen LogP contribution < -0.4 is 10.1 Å². The molecule has 26 heavy (non-hydrogen) atoms. The lowest BCUT2D eigenvalue weighted by Crippen LogP contribution is -2.28. The summed E-state index contributed by atoms with van der Waals surface area (Å²) >= 11 is 0. The highest BCUT2D eigenvalue weighted by atomic mass is 16.5. The molecule has 0 spiro atoms. The highest BCUT2D eigenvalue weighted by Gasteiger charge is 2.42. The second kappa shape index (κ2) is 9.40. The molecule has 2 aliphatic rings. The van der Waals surface area contributed by atoms with Crippen LogP contribution >= 0.6 is 0 Å². The summed E-state index contributed by atoms with van der Waals surface area (Å²) in [5, 5.41) is 3.13. The fourth-order valence-corrected chi connectivity index (χ4v) is 3.86. The van der Waals surface area contributed by atoms with E-state index in [0.29, 0.717) is 25.5 Å². The van der Waals surface area contributed by atoms with Crippen molar-refractivity contribution in [2.24, 2.45) is 17.8 Å². The van der Waals surface area contributed by atoms with Crippen molar-refractivity contribution in [2.75, 3.05) is 26.2 Å². The monoisotopic (exact) mass is 358 g/mol. The number of nitrogens with one attached hydrogen (secondary N) is 1. The Morgan fingerprint density at radius 3 is 2.42 bits per heavy atom. The topological polar surface area (TPSA) is 41.6 Å². The first kappa shape index (κ1) is 19.2. The summed E-state index contributed by atoms with van der Waals surface area (Å²) in [4.78, 5) is 14.8. The van der Waals surface area contributed by atoms with Crippen LogP contribution in [0.2, 0.25) is 0 Å². The van der Waals surface area contributed by atoms with E-state index in [0.717, 1.165) is 42.8 Å². The number of para-hydroxylation sites is 1. The van der Waals surface area contributed by atoms with Gasteiger partial charge in [-0.05, 0) is 62.6 Å². The first-order valence-electron chi connectivity index (χ1n) is 10.4. The normalized spacial score (nSPS) is 16.9. The average Bonchev–Trinajstić information content (AvgIpc) is 3.56. The van der Waals surface area contributed by atoms with Crippen LogP contribution in [0.4, 0.5) is 0 Å². The number of carbonyl (C=O) groups excluding carboxylic acids is 1. The average molecular weight is 359 g/mol. The molecule has 1 aromatic rings. The van der Waals surface area contributed by atoms with Gasteiger partial charge >= 0.3 is 0 Å². The van der Waals surface area contributed by atoms with Crippen molar-refractivity contribution < 1.29 is 9.53 Å². The fourth-order valence-electron chi connectivity index (χ4n) is 3.86. The van der Waals surface area contributed by atoms with E-state index in [-0.39, 0.29) is 5.91 Å². The molecule has 0 heterocycles. The molecule has 0 atom stereocenters. The number of carbonyl (C=O) groups is 1. The third kappa shape index (κ3) is 5.73. The Balaban J connectivity index is 1.45. The Hall–Kier alpha value is -1.55. The van der Waals surface area contributed by atoms with E-state index in [1.807, 2.05) is 24.3 Å². The van der Waals surface area contributed by atoms with Gasteiger partial charge in [-0.2, -0.15) is 0 Å². The van der Waals surface area contributed by atoms with Crippen LogP contribution in [0.5, 0.6) is 5.75 Å². The molecule has 0 saturated heterocycles. The van der Waals surface area contributed by atoms with Gasteiger partial charge < -0.3 is 15.0 Å². The van der Waals surface area contributed by atoms with Gasteiger partial charge in [0.1, 0.15) is 12.4 Å². The maximum atomic E-state index is 12.4. The van der Waals surface area contributed by atoms with Crippen LogP contribution in [0, 0.1) is 17.8 Å². The van der Waals surface area contributed by atoms with Gasteiger partial charge in [-0.25, -0.2) is 0 Å². The van der Waals surface area contributed by atoms with Crippen molar-refractivity contribution in [2.45, 2.75) is 52.5 Å². The van der Waals surface area contributed by atoms with E-state index in [4.69, 9.17) is 4.74 Å². The maximum Gasteiger partial charge on any atom is 0.220 e. The van der Waals surface area contributed by atoms with E-state index in [1.54, 1.807) is 0 Å². The zero-order chi connectivity index (χ0) is 18.4. The molecular weight excluding hydrogens is 324 g/mol. The SMILES string of the molecule is CCN(CC)CCOc1ccccc1CNC(=O)CC(C1CC1)C1CC1. The minimum atomic E-state index is 0.201. The van der Waals surface area contributed by atoms with Crippen LogP contribution in [0.15, 0.2) is 24.3 Å². The molecule has 2 fully saturated rings. The minimum absolute atomic E-state index is 0.201. The molecule has 0 aromatic heterocycles. The Labute approximate surface area is 158 Å². The molecule has 0 unspecified atom stereocenters. The largest absolute Gasteiger partial charge is 0.492 e. The van der Waals surface area contributed by atoms with Crippen molar-refractivity contribution >= 4 is 5.91 Å². The summed E-state index contributed by atoms with van der Waals surface area (Å²) in [6, 6.07) is 8.05. The summed E-state index contributed by atoms with van der Waals surface area (Å²) in [5.41, 5.74) is 1.06. The van der Waals surface area contributed by atoms with E-state index in [9.17, 15) is 4.79 Å². The predicted octanol–water partition coefficient (Wildman–Crippen LogP) is 3.85. The first-order valence-corrected chi connectivity index (χ1v) is 10.4. The number of benzene rings is 1. The van der Waals surface area contributed by atoms with Crippen molar-refractivity contribution in [3.63, 3.8) is 0 Å². The van der Waals surface area contributed by atoms with Gasteiger partial charge in [0.25, 0.3) is 0 Å². The lowest BCUT2D eigenvalue weighted by molar-refractivity contribution is -0.122. The number of hydrogen-bond acceptors (Lipinski definition) is 3. The second-order valence-electron chi connectivity index (χ2n) is 7.80. The first-order chi connectivity index (χ1) is 12.7. The van der Waals surface area contributed by atoms with Crippen LogP contribution in [0.25, 0.3) is 0 Å². The fraction of sp³-hybridized carbons (Fsp3) is 0.682. The van der Waals surface area contributed by atoms with Gasteiger partial charge in [0.05, 0.1) is 0 Å². The van der Waals surface area contributed by atoms with Crippen LogP contribution in [0.3, 0.4) is 0 Å². The molecule has 3 rings (SSSR count). The molecule has 1 amide bonds. The zero-order valence-corrected chi connectivity index (χ0v) is 16.4. The summed E-state index contributed by atoms with van der Waals surface area (Å²) in [7, 11) is 0. The molecule has 2 saturated carbocycles. The second-order valence-corrected chi connectivity index (χ2v) is 7.80. The highest BCUT2D eigenvalue weighted by molar-refractivity contribution is 5.76. The lowest BCUT2D eigenvalue weighted by Gasteiger charge is -2.19. The van der Waals surface area contributed by atoms with Crippen molar-refractivity contribution in [3.05, 3.63) is 29.8 Å². The van der Waals surface area contributed by atoms with Gasteiger partial charge in [0, 0.05) is 25.1 Å². The van der Waals surface area contributed by atoms with Crippen molar-refractivity contribution in [1.82, 2.24) is 10.2 Å². The minimum Gasteiger partial charge on any atom is -0.492 e. The van der Waals surface area contributed by atoms with Crippen LogP contribution in [-0.4, -0.2) is 37.0 Å². The number of rotatable bonds is 12. The van der Waals surface area contributed by atoms with E-state index >= 15 is 0 Å². The third-order valence-corrected chi connectivity index (χ3v) is 5.88. The third-order valence-electron chi connectivity index (χ3n) is 5.88. The summed E-state index contributed by atoms with van der Waals surface area (Å²) in [6.07, 6.45) is 6.03. The molecule has 2 aliphatic carbocycles. The van der Waals surface area contributed by atoms with Crippen molar-refractivity contribution in [3.8, 4) is 5.75 Å². The summed E-state index contributed by atoms with van der Waals surface area (Å²) in [6.45, 7) is 8.59. The van der Waals surface area contributed by atoms with Gasteiger partial charge in [-0.3, -0.25) is 4.79 Å². The predicted molar refractivity (Wildman–Crippen MR) is 105 cm³/mol. The van der Waals surface area contributed by atoms with E-state index in [2.05, 4.69) is 24.1 Å². The summed E-state index contributed by atoms with van der Waals surface area (Å²) < 4.78 is 5.99. The van der Waals surface area contributed by atoms with Gasteiger partial charge in [-0.15, -0.1) is 0 Å². The molecular formula is C22H34N2O2. The molecule has 4 nitrogen and oxygen atoms in total. The quantitative estimate of drug-likeness (QED) is 0.617. The number of hydrogen-bond donors (Lipinski definition) is 1. The molecule has 0 radical (unpaired) electrons. The lowest BCUT2D eigenvalue weighted by atomic mass is 9.94.